The van der Waals surface area contributed by atoms with Gasteiger partial charge in [-0.1, -0.05) is 38.8 Å². The van der Waals surface area contributed by atoms with Gasteiger partial charge in [-0.05, 0) is 92.3 Å². The van der Waals surface area contributed by atoms with Crippen molar-refractivity contribution in [3.8, 4) is 0 Å². The Labute approximate surface area is 338 Å². The van der Waals surface area contributed by atoms with Crippen molar-refractivity contribution in [2.75, 3.05) is 39.3 Å². The van der Waals surface area contributed by atoms with Gasteiger partial charge in [0.2, 0.25) is 5.91 Å². The van der Waals surface area contributed by atoms with Crippen molar-refractivity contribution in [2.24, 2.45) is 17.8 Å². The molecule has 0 radical (unpaired) electrons. The van der Waals surface area contributed by atoms with Crippen LogP contribution in [0, 0.1) is 17.8 Å². The zero-order valence-corrected chi connectivity index (χ0v) is 34.4. The molecule has 0 atom stereocenters. The first kappa shape index (κ1) is 39.2. The summed E-state index contributed by atoms with van der Waals surface area (Å²) in [5.41, 5.74) is 9.23. The molecule has 2 aromatic heterocycles. The van der Waals surface area contributed by atoms with Crippen LogP contribution in [-0.2, 0) is 43.8 Å². The van der Waals surface area contributed by atoms with Gasteiger partial charge >= 0.3 is 0 Å². The first-order valence-corrected chi connectivity index (χ1v) is 21.8. The third-order valence-electron chi connectivity index (χ3n) is 13.7. The van der Waals surface area contributed by atoms with Crippen LogP contribution < -0.4 is 5.32 Å². The molecule has 4 aliphatic heterocycles. The molecule has 0 bridgehead atoms. The molecule has 6 heterocycles. The van der Waals surface area contributed by atoms with Gasteiger partial charge in [-0.15, -0.1) is 13.2 Å². The number of carbonyl (C=O) groups excluding carboxylic acids is 3. The number of rotatable bonds is 7. The summed E-state index contributed by atoms with van der Waals surface area (Å²) in [5.74, 6) is 2.29. The van der Waals surface area contributed by atoms with E-state index in [0.717, 1.165) is 138 Å². The molecule has 3 fully saturated rings. The molecule has 9 rings (SSSR count). The summed E-state index contributed by atoms with van der Waals surface area (Å²) in [6, 6.07) is 12.4. The number of benzene rings is 2. The van der Waals surface area contributed by atoms with Gasteiger partial charge < -0.3 is 29.2 Å². The van der Waals surface area contributed by atoms with Crippen molar-refractivity contribution in [1.82, 2.24) is 29.2 Å². The van der Waals surface area contributed by atoms with E-state index in [1.165, 1.54) is 46.3 Å². The molecule has 0 spiro atoms. The first-order valence-electron chi connectivity index (χ1n) is 21.8. The Balaban J connectivity index is 0.000000165. The van der Waals surface area contributed by atoms with Gasteiger partial charge in [0.15, 0.2) is 0 Å². The molecule has 2 aromatic carbocycles. The number of aromatic nitrogens is 2. The normalized spacial score (nSPS) is 19.3. The molecular formula is C48H62N6O3. The highest BCUT2D eigenvalue weighted by atomic mass is 16.2. The predicted molar refractivity (Wildman–Crippen MR) is 229 cm³/mol. The second-order valence-corrected chi connectivity index (χ2v) is 17.5. The maximum absolute atomic E-state index is 13.2. The molecule has 1 saturated carbocycles. The van der Waals surface area contributed by atoms with E-state index in [0.29, 0.717) is 18.4 Å². The Morgan fingerprint density at radius 3 is 1.70 bits per heavy atom. The molecule has 4 aromatic rings. The quantitative estimate of drug-likeness (QED) is 0.193. The maximum atomic E-state index is 13.2. The number of carbonyl (C=O) groups is 3. The minimum Gasteiger partial charge on any atom is -0.340 e. The standard InChI is InChI=1S/C27H35N3O2.C21H27N3O/c1-3-13-30-24-9-8-21(27(32)28-14-10-19(2)11-15-28)17-22(24)23-18-29(16-12-25(23)30)26(31)20-6-4-5-7-20;1-3-10-24-19-5-4-16(21(25)23-11-7-15(2)8-12-23)13-17(19)18-14-22-9-6-20(18)24/h3,8-9,17,19-20H,1,4-7,10-16,18H2,2H3;3-5,13,15,22H,1,6-12,14H2,2H3. The highest BCUT2D eigenvalue weighted by Crippen LogP contribution is 2.35. The Morgan fingerprint density at radius 1 is 0.667 bits per heavy atom. The third kappa shape index (κ3) is 7.84. The van der Waals surface area contributed by atoms with Crippen molar-refractivity contribution in [1.29, 1.82) is 0 Å². The zero-order chi connectivity index (χ0) is 39.6. The average Bonchev–Trinajstić information content (AvgIpc) is 3.97. The van der Waals surface area contributed by atoms with Gasteiger partial charge in [-0.3, -0.25) is 14.4 Å². The van der Waals surface area contributed by atoms with Gasteiger partial charge in [0.05, 0.1) is 0 Å². The number of nitrogens with one attached hydrogen (secondary N) is 1. The summed E-state index contributed by atoms with van der Waals surface area (Å²) < 4.78 is 4.68. The second-order valence-electron chi connectivity index (χ2n) is 17.5. The minimum absolute atomic E-state index is 0.138. The van der Waals surface area contributed by atoms with Crippen LogP contribution >= 0.6 is 0 Å². The summed E-state index contributed by atoms with van der Waals surface area (Å²) in [6.07, 6.45) is 14.6. The van der Waals surface area contributed by atoms with Crippen LogP contribution in [0.5, 0.6) is 0 Å². The largest absolute Gasteiger partial charge is 0.340 e. The number of fused-ring (bicyclic) bond motifs is 6. The molecule has 9 nitrogen and oxygen atoms in total. The molecule has 302 valence electrons. The van der Waals surface area contributed by atoms with Crippen molar-refractivity contribution >= 4 is 39.5 Å². The lowest BCUT2D eigenvalue weighted by Crippen LogP contribution is -2.39. The topological polar surface area (TPSA) is 82.8 Å². The first-order chi connectivity index (χ1) is 27.7. The Kier molecular flexibility index (Phi) is 11.7. The summed E-state index contributed by atoms with van der Waals surface area (Å²) in [7, 11) is 0. The number of allylic oxidation sites excluding steroid dienone is 2. The molecular weight excluding hydrogens is 709 g/mol. The third-order valence-corrected chi connectivity index (χ3v) is 13.7. The van der Waals surface area contributed by atoms with E-state index in [4.69, 9.17) is 0 Å². The van der Waals surface area contributed by atoms with Crippen molar-refractivity contribution in [2.45, 2.75) is 104 Å². The van der Waals surface area contributed by atoms with Gasteiger partial charge in [0.25, 0.3) is 11.8 Å². The Hall–Kier alpha value is -4.63. The molecule has 9 heteroatoms. The van der Waals surface area contributed by atoms with E-state index in [1.807, 2.05) is 34.1 Å². The number of amides is 3. The average molecular weight is 771 g/mol. The highest BCUT2D eigenvalue weighted by molar-refractivity contribution is 6.00. The lowest BCUT2D eigenvalue weighted by Gasteiger charge is -2.30. The van der Waals surface area contributed by atoms with E-state index in [1.54, 1.807) is 0 Å². The molecule has 0 unspecified atom stereocenters. The fourth-order valence-electron chi connectivity index (χ4n) is 10.2. The Bertz CT molecular complexity index is 2160. The van der Waals surface area contributed by atoms with Crippen LogP contribution in [0.1, 0.15) is 108 Å². The summed E-state index contributed by atoms with van der Waals surface area (Å²) in [4.78, 5) is 45.4. The molecule has 57 heavy (non-hydrogen) atoms. The van der Waals surface area contributed by atoms with Gasteiger partial charge in [0, 0.05) is 134 Å². The van der Waals surface area contributed by atoms with Crippen molar-refractivity contribution in [3.05, 3.63) is 95.3 Å². The number of piperidine rings is 2. The van der Waals surface area contributed by atoms with Crippen LogP contribution in [0.2, 0.25) is 0 Å². The Morgan fingerprint density at radius 2 is 1.18 bits per heavy atom. The van der Waals surface area contributed by atoms with E-state index in [2.05, 4.69) is 70.6 Å². The number of likely N-dealkylation sites (tertiary alicyclic amines) is 2. The van der Waals surface area contributed by atoms with E-state index >= 15 is 0 Å². The summed E-state index contributed by atoms with van der Waals surface area (Å²) in [6.45, 7) is 20.8. The van der Waals surface area contributed by atoms with Gasteiger partial charge in [-0.25, -0.2) is 0 Å². The second kappa shape index (κ2) is 17.1. The smallest absolute Gasteiger partial charge is 0.253 e. The monoisotopic (exact) mass is 770 g/mol. The SMILES string of the molecule is C=CCn1c2c(c3cc(C(=O)N4CCC(C)CC4)ccc31)CN(C(=O)C1CCCC1)CC2.C=CCn1c2c(c3cc(C(=O)N4CCC(C)CC4)ccc31)CNCC2. The van der Waals surface area contributed by atoms with Crippen LogP contribution in [0.4, 0.5) is 0 Å². The van der Waals surface area contributed by atoms with Crippen molar-refractivity contribution in [3.63, 3.8) is 0 Å². The summed E-state index contributed by atoms with van der Waals surface area (Å²) in [5, 5.41) is 5.82. The van der Waals surface area contributed by atoms with E-state index in [-0.39, 0.29) is 17.7 Å². The molecule has 5 aliphatic rings. The van der Waals surface area contributed by atoms with E-state index < -0.39 is 0 Å². The number of nitrogens with zero attached hydrogens (tertiary/aromatic N) is 5. The lowest BCUT2D eigenvalue weighted by molar-refractivity contribution is -0.136. The highest BCUT2D eigenvalue weighted by Gasteiger charge is 2.32. The van der Waals surface area contributed by atoms with Crippen LogP contribution in [0.15, 0.2) is 61.7 Å². The number of hydrogen-bond donors (Lipinski definition) is 1. The van der Waals surface area contributed by atoms with Crippen LogP contribution in [0.3, 0.4) is 0 Å². The van der Waals surface area contributed by atoms with Gasteiger partial charge in [-0.2, -0.15) is 0 Å². The molecule has 1 aliphatic carbocycles. The zero-order valence-electron chi connectivity index (χ0n) is 34.4. The fourth-order valence-corrected chi connectivity index (χ4v) is 10.2. The van der Waals surface area contributed by atoms with Gasteiger partial charge in [0.1, 0.15) is 0 Å². The fraction of sp³-hybridized carbons (Fsp3) is 0.521. The van der Waals surface area contributed by atoms with Crippen LogP contribution in [-0.4, -0.2) is 80.8 Å². The maximum Gasteiger partial charge on any atom is 0.253 e. The number of hydrogen-bond acceptors (Lipinski definition) is 4. The van der Waals surface area contributed by atoms with Crippen LogP contribution in [0.25, 0.3) is 21.8 Å². The molecule has 3 amide bonds. The predicted octanol–water partition coefficient (Wildman–Crippen LogP) is 8.12. The molecule has 1 N–H and O–H groups in total. The molecule has 2 saturated heterocycles. The lowest BCUT2D eigenvalue weighted by atomic mass is 9.98. The minimum atomic E-state index is 0.138. The van der Waals surface area contributed by atoms with E-state index in [9.17, 15) is 14.4 Å². The summed E-state index contributed by atoms with van der Waals surface area (Å²) >= 11 is 0. The van der Waals surface area contributed by atoms with Crippen molar-refractivity contribution < 1.29 is 14.4 Å².